The Hall–Kier alpha value is -2.98. The summed E-state index contributed by atoms with van der Waals surface area (Å²) in [6.45, 7) is 16.2. The summed E-state index contributed by atoms with van der Waals surface area (Å²) < 4.78 is 0. The van der Waals surface area contributed by atoms with Gasteiger partial charge in [0.2, 0.25) is 6.41 Å². The van der Waals surface area contributed by atoms with Crippen LogP contribution in [0.5, 0.6) is 0 Å². The molecule has 0 saturated heterocycles. The van der Waals surface area contributed by atoms with Crippen molar-refractivity contribution in [3.05, 3.63) is 71.4 Å². The van der Waals surface area contributed by atoms with Gasteiger partial charge in [0.05, 0.1) is 5.52 Å². The van der Waals surface area contributed by atoms with Crippen molar-refractivity contribution in [3.63, 3.8) is 0 Å². The molecule has 4 nitrogen and oxygen atoms in total. The van der Waals surface area contributed by atoms with Crippen molar-refractivity contribution in [2.45, 2.75) is 117 Å². The number of carbonyl (C=O) groups is 1. The molecule has 1 atom stereocenters. The summed E-state index contributed by atoms with van der Waals surface area (Å²) >= 11 is 0. The highest BCUT2D eigenvalue weighted by atomic mass is 16.1. The standard InChI is InChI=1S/C28H32N2O.C11H25N/c1-4-6-21(13-14-29-18-31)28-17-25(19(2)3)26-16-24(11-12-27(26)30-28)23-10-9-20-7-5-8-22(20)15-23;1-3-5-7-9-11-12-10-8-6-4-2/h9-12,15-18,21H,2,4-8,13-14H2,1,3H3,(H,29,31);12H,3-11H2,1-2H3. The van der Waals surface area contributed by atoms with E-state index in [-0.39, 0.29) is 0 Å². The Balaban J connectivity index is 0.000000359. The van der Waals surface area contributed by atoms with Gasteiger partial charge in [0.1, 0.15) is 0 Å². The van der Waals surface area contributed by atoms with Crippen LogP contribution in [0.25, 0.3) is 27.6 Å². The van der Waals surface area contributed by atoms with E-state index in [0.717, 1.165) is 47.8 Å². The second-order valence-corrected chi connectivity index (χ2v) is 12.3. The minimum Gasteiger partial charge on any atom is -0.359 e. The minimum absolute atomic E-state index is 0.330. The van der Waals surface area contributed by atoms with Gasteiger partial charge >= 0.3 is 0 Å². The topological polar surface area (TPSA) is 54.0 Å². The number of allylic oxidation sites excluding steroid dienone is 1. The van der Waals surface area contributed by atoms with E-state index in [9.17, 15) is 4.79 Å². The monoisotopic (exact) mass is 583 g/mol. The van der Waals surface area contributed by atoms with Gasteiger partial charge in [0.15, 0.2) is 0 Å². The van der Waals surface area contributed by atoms with E-state index < -0.39 is 0 Å². The Morgan fingerprint density at radius 2 is 1.53 bits per heavy atom. The highest BCUT2D eigenvalue weighted by Crippen LogP contribution is 2.34. The average molecular weight is 584 g/mol. The predicted octanol–water partition coefficient (Wildman–Crippen LogP) is 9.79. The number of nitrogens with one attached hydrogen (secondary N) is 2. The maximum Gasteiger partial charge on any atom is 0.207 e. The fraction of sp³-hybridized carbons (Fsp3) is 0.538. The number of unbranched alkanes of at least 4 members (excludes halogenated alkanes) is 5. The van der Waals surface area contributed by atoms with Crippen molar-refractivity contribution in [1.29, 1.82) is 0 Å². The van der Waals surface area contributed by atoms with Crippen molar-refractivity contribution in [3.8, 4) is 11.1 Å². The normalized spacial score (nSPS) is 12.8. The van der Waals surface area contributed by atoms with E-state index in [0.29, 0.717) is 12.5 Å². The summed E-state index contributed by atoms with van der Waals surface area (Å²) in [4.78, 5) is 15.7. The molecule has 0 saturated carbocycles. The van der Waals surface area contributed by atoms with Crippen molar-refractivity contribution in [2.24, 2.45) is 0 Å². The summed E-state index contributed by atoms with van der Waals surface area (Å²) in [7, 11) is 0. The van der Waals surface area contributed by atoms with Crippen LogP contribution in [0, 0.1) is 0 Å². The molecule has 0 radical (unpaired) electrons. The quantitative estimate of drug-likeness (QED) is 0.116. The highest BCUT2D eigenvalue weighted by Gasteiger charge is 2.17. The van der Waals surface area contributed by atoms with E-state index in [2.05, 4.69) is 87.4 Å². The maximum absolute atomic E-state index is 10.7. The van der Waals surface area contributed by atoms with Gasteiger partial charge in [0, 0.05) is 23.5 Å². The first-order valence-electron chi connectivity index (χ1n) is 17.1. The van der Waals surface area contributed by atoms with Crippen LogP contribution in [0.3, 0.4) is 0 Å². The van der Waals surface area contributed by atoms with Gasteiger partial charge in [-0.2, -0.15) is 0 Å². The molecule has 1 unspecified atom stereocenters. The van der Waals surface area contributed by atoms with Crippen molar-refractivity contribution < 1.29 is 4.79 Å². The van der Waals surface area contributed by atoms with Crippen molar-refractivity contribution >= 4 is 22.9 Å². The average Bonchev–Trinajstić information content (AvgIpc) is 3.50. The molecule has 2 N–H and O–H groups in total. The van der Waals surface area contributed by atoms with E-state index in [4.69, 9.17) is 4.98 Å². The first kappa shape index (κ1) is 34.5. The molecule has 0 bridgehead atoms. The molecular formula is C39H57N3O. The summed E-state index contributed by atoms with van der Waals surface area (Å²) in [5.41, 5.74) is 9.87. The van der Waals surface area contributed by atoms with Crippen molar-refractivity contribution in [1.82, 2.24) is 15.6 Å². The number of aromatic nitrogens is 1. The van der Waals surface area contributed by atoms with Gasteiger partial charge < -0.3 is 10.6 Å². The van der Waals surface area contributed by atoms with Crippen LogP contribution in [0.2, 0.25) is 0 Å². The van der Waals surface area contributed by atoms with E-state index in [1.54, 1.807) is 0 Å². The second kappa shape index (κ2) is 19.3. The molecule has 1 aliphatic carbocycles. The molecule has 2 aromatic carbocycles. The van der Waals surface area contributed by atoms with Gasteiger partial charge in [-0.1, -0.05) is 95.7 Å². The third-order valence-corrected chi connectivity index (χ3v) is 8.66. The van der Waals surface area contributed by atoms with Gasteiger partial charge in [-0.25, -0.2) is 0 Å². The maximum atomic E-state index is 10.7. The van der Waals surface area contributed by atoms with Crippen LogP contribution in [0.4, 0.5) is 0 Å². The molecule has 43 heavy (non-hydrogen) atoms. The number of amides is 1. The van der Waals surface area contributed by atoms with E-state index in [1.807, 2.05) is 0 Å². The molecule has 0 aliphatic heterocycles. The van der Waals surface area contributed by atoms with Crippen LogP contribution < -0.4 is 10.6 Å². The first-order valence-corrected chi connectivity index (χ1v) is 17.1. The Kier molecular flexibility index (Phi) is 15.5. The SMILES string of the molecule is C=C(C)c1cc(C(CCC)CCNC=O)nc2ccc(-c3ccc4c(c3)CCC4)cc12.CCCCCCNCCCCC. The lowest BCUT2D eigenvalue weighted by molar-refractivity contribution is -0.109. The summed E-state index contributed by atoms with van der Waals surface area (Å²) in [5, 5.41) is 7.44. The molecule has 0 spiro atoms. The van der Waals surface area contributed by atoms with E-state index >= 15 is 0 Å². The Bertz CT molecular complexity index is 1270. The molecule has 1 aromatic heterocycles. The fourth-order valence-electron chi connectivity index (χ4n) is 6.15. The zero-order valence-electron chi connectivity index (χ0n) is 27.6. The molecule has 1 amide bonds. The smallest absolute Gasteiger partial charge is 0.207 e. The largest absolute Gasteiger partial charge is 0.359 e. The molecule has 234 valence electrons. The predicted molar refractivity (Wildman–Crippen MR) is 187 cm³/mol. The van der Waals surface area contributed by atoms with E-state index in [1.165, 1.54) is 105 Å². The summed E-state index contributed by atoms with van der Waals surface area (Å²) in [5.74, 6) is 0.330. The zero-order chi connectivity index (χ0) is 30.9. The molecular weight excluding hydrogens is 526 g/mol. The number of rotatable bonds is 18. The van der Waals surface area contributed by atoms with Gasteiger partial charge in [-0.3, -0.25) is 9.78 Å². The molecule has 4 heteroatoms. The van der Waals surface area contributed by atoms with Gasteiger partial charge in [-0.05, 0) is 111 Å². The lowest BCUT2D eigenvalue weighted by atomic mass is 9.91. The zero-order valence-corrected chi connectivity index (χ0v) is 27.6. The number of aryl methyl sites for hydroxylation is 2. The van der Waals surface area contributed by atoms with Crippen LogP contribution in [-0.4, -0.2) is 31.0 Å². The van der Waals surface area contributed by atoms with Gasteiger partial charge in [-0.15, -0.1) is 0 Å². The second-order valence-electron chi connectivity index (χ2n) is 12.3. The third-order valence-electron chi connectivity index (χ3n) is 8.66. The summed E-state index contributed by atoms with van der Waals surface area (Å²) in [6.07, 6.45) is 17.0. The molecule has 0 fully saturated rings. The number of pyridine rings is 1. The van der Waals surface area contributed by atoms with Crippen molar-refractivity contribution in [2.75, 3.05) is 19.6 Å². The highest BCUT2D eigenvalue weighted by molar-refractivity contribution is 5.94. The third kappa shape index (κ3) is 10.9. The number of hydrogen-bond donors (Lipinski definition) is 2. The minimum atomic E-state index is 0.330. The first-order chi connectivity index (χ1) is 21.0. The Labute approximate surface area is 262 Å². The molecule has 3 aromatic rings. The lowest BCUT2D eigenvalue weighted by Gasteiger charge is -2.18. The molecule has 4 rings (SSSR count). The Morgan fingerprint density at radius 3 is 2.26 bits per heavy atom. The molecule has 1 aliphatic rings. The fourth-order valence-corrected chi connectivity index (χ4v) is 6.15. The van der Waals surface area contributed by atoms with Crippen LogP contribution in [-0.2, 0) is 17.6 Å². The summed E-state index contributed by atoms with van der Waals surface area (Å²) in [6, 6.07) is 15.8. The van der Waals surface area contributed by atoms with Crippen LogP contribution >= 0.6 is 0 Å². The van der Waals surface area contributed by atoms with Gasteiger partial charge in [0.25, 0.3) is 0 Å². The van der Waals surface area contributed by atoms with Crippen LogP contribution in [0.15, 0.2) is 49.0 Å². The number of fused-ring (bicyclic) bond motifs is 2. The number of nitrogens with zero attached hydrogens (tertiary/aromatic N) is 1. The number of hydrogen-bond acceptors (Lipinski definition) is 3. The number of carbonyl (C=O) groups excluding carboxylic acids is 1. The Morgan fingerprint density at radius 1 is 0.837 bits per heavy atom. The lowest BCUT2D eigenvalue weighted by Crippen LogP contribution is -2.16. The molecule has 1 heterocycles. The van der Waals surface area contributed by atoms with Crippen LogP contribution in [0.1, 0.15) is 127 Å². The number of benzene rings is 2.